The van der Waals surface area contributed by atoms with E-state index in [4.69, 9.17) is 15.6 Å². The van der Waals surface area contributed by atoms with Crippen LogP contribution in [-0.4, -0.2) is 56.3 Å². The van der Waals surface area contributed by atoms with E-state index in [0.717, 1.165) is 12.8 Å². The van der Waals surface area contributed by atoms with Gasteiger partial charge in [-0.25, -0.2) is 24.5 Å². The van der Waals surface area contributed by atoms with Gasteiger partial charge in [-0.2, -0.15) is 0 Å². The van der Waals surface area contributed by atoms with Crippen LogP contribution in [0.5, 0.6) is 0 Å². The zero-order valence-corrected chi connectivity index (χ0v) is 14.3. The van der Waals surface area contributed by atoms with Crippen LogP contribution in [0.4, 0.5) is 11.6 Å². The highest BCUT2D eigenvalue weighted by Gasteiger charge is 2.26. The first-order valence-electron chi connectivity index (χ1n) is 8.31. The number of hydrogen-bond donors (Lipinski definition) is 2. The number of carboxylic acid groups (broad SMARTS) is 1. The third kappa shape index (κ3) is 3.44. The lowest BCUT2D eigenvalue weighted by molar-refractivity contribution is 0.0520. The Labute approximate surface area is 149 Å². The molecule has 1 aliphatic rings. The first-order chi connectivity index (χ1) is 12.5. The van der Waals surface area contributed by atoms with Gasteiger partial charge in [-0.3, -0.25) is 0 Å². The molecule has 3 heterocycles. The summed E-state index contributed by atoms with van der Waals surface area (Å²) in [6.07, 6.45) is 5.86. The van der Waals surface area contributed by atoms with Gasteiger partial charge in [0.2, 0.25) is 0 Å². The fourth-order valence-electron chi connectivity index (χ4n) is 2.99. The smallest absolute Gasteiger partial charge is 0.360 e. The molecule has 0 aliphatic carbocycles. The number of aromatic nitrogens is 4. The van der Waals surface area contributed by atoms with E-state index in [-0.39, 0.29) is 24.0 Å². The number of piperidine rings is 1. The monoisotopic (exact) mass is 360 g/mol. The molecular formula is C16H20N6O4. The molecule has 1 fully saturated rings. The van der Waals surface area contributed by atoms with Gasteiger partial charge < -0.3 is 25.0 Å². The molecule has 3 N–H and O–H groups in total. The molecule has 138 valence electrons. The molecule has 0 atom stereocenters. The second-order valence-electron chi connectivity index (χ2n) is 5.89. The van der Waals surface area contributed by atoms with E-state index in [9.17, 15) is 9.59 Å². The maximum absolute atomic E-state index is 11.8. The van der Waals surface area contributed by atoms with Crippen LogP contribution in [0.15, 0.2) is 18.7 Å². The Hall–Kier alpha value is -3.17. The molecule has 0 amide bonds. The number of anilines is 2. The van der Waals surface area contributed by atoms with Crippen molar-refractivity contribution in [2.75, 3.05) is 30.3 Å². The van der Waals surface area contributed by atoms with Crippen LogP contribution in [0.25, 0.3) is 0 Å². The second kappa shape index (κ2) is 7.38. The van der Waals surface area contributed by atoms with Crippen molar-refractivity contribution < 1.29 is 19.4 Å². The van der Waals surface area contributed by atoms with Crippen molar-refractivity contribution in [3.8, 4) is 0 Å². The van der Waals surface area contributed by atoms with Crippen molar-refractivity contribution in [3.05, 3.63) is 30.1 Å². The minimum Gasteiger partial charge on any atom is -0.476 e. The Morgan fingerprint density at radius 1 is 1.27 bits per heavy atom. The standard InChI is InChI=1S/C16H20N6O4/c1-2-26-16(25)13-14(17)22(9-20-13)10-3-5-21(6-4-10)12-8-18-11(7-19-12)15(23)24/h7-10H,2-6,17H2,1H3,(H,23,24). The van der Waals surface area contributed by atoms with Crippen LogP contribution < -0.4 is 10.6 Å². The topological polar surface area (TPSA) is 136 Å². The fourth-order valence-corrected chi connectivity index (χ4v) is 2.99. The summed E-state index contributed by atoms with van der Waals surface area (Å²) >= 11 is 0. The van der Waals surface area contributed by atoms with Gasteiger partial charge in [-0.05, 0) is 19.8 Å². The van der Waals surface area contributed by atoms with Crippen LogP contribution in [0.3, 0.4) is 0 Å². The van der Waals surface area contributed by atoms with Gasteiger partial charge >= 0.3 is 11.9 Å². The molecule has 0 bridgehead atoms. The molecule has 0 spiro atoms. The van der Waals surface area contributed by atoms with Crippen LogP contribution in [0.1, 0.15) is 46.8 Å². The summed E-state index contributed by atoms with van der Waals surface area (Å²) in [6, 6.07) is 0.119. The largest absolute Gasteiger partial charge is 0.476 e. The summed E-state index contributed by atoms with van der Waals surface area (Å²) in [6.45, 7) is 3.41. The number of rotatable bonds is 5. The summed E-state index contributed by atoms with van der Waals surface area (Å²) in [7, 11) is 0. The molecular weight excluding hydrogens is 340 g/mol. The first kappa shape index (κ1) is 17.6. The number of carboxylic acids is 1. The van der Waals surface area contributed by atoms with Gasteiger partial charge in [-0.15, -0.1) is 0 Å². The predicted molar refractivity (Wildman–Crippen MR) is 92.1 cm³/mol. The van der Waals surface area contributed by atoms with Gasteiger partial charge in [0.05, 0.1) is 25.3 Å². The number of esters is 1. The number of nitrogens with zero attached hydrogens (tertiary/aromatic N) is 5. The number of ether oxygens (including phenoxy) is 1. The lowest BCUT2D eigenvalue weighted by Gasteiger charge is -2.33. The molecule has 10 nitrogen and oxygen atoms in total. The highest BCUT2D eigenvalue weighted by Crippen LogP contribution is 2.28. The lowest BCUT2D eigenvalue weighted by atomic mass is 10.0. The summed E-state index contributed by atoms with van der Waals surface area (Å²) in [4.78, 5) is 36.9. The molecule has 0 unspecified atom stereocenters. The van der Waals surface area contributed by atoms with E-state index < -0.39 is 11.9 Å². The van der Waals surface area contributed by atoms with Gasteiger partial charge in [0, 0.05) is 19.1 Å². The van der Waals surface area contributed by atoms with E-state index in [1.807, 2.05) is 9.47 Å². The highest BCUT2D eigenvalue weighted by atomic mass is 16.5. The normalized spacial score (nSPS) is 15.0. The van der Waals surface area contributed by atoms with E-state index >= 15 is 0 Å². The zero-order valence-electron chi connectivity index (χ0n) is 14.3. The third-order valence-electron chi connectivity index (χ3n) is 4.34. The average molecular weight is 360 g/mol. The molecule has 1 aliphatic heterocycles. The summed E-state index contributed by atoms with van der Waals surface area (Å²) in [5.41, 5.74) is 6.13. The molecule has 26 heavy (non-hydrogen) atoms. The third-order valence-corrected chi connectivity index (χ3v) is 4.34. The number of carbonyl (C=O) groups is 2. The van der Waals surface area contributed by atoms with Crippen molar-refractivity contribution >= 4 is 23.6 Å². The van der Waals surface area contributed by atoms with Crippen LogP contribution in [0, 0.1) is 0 Å². The number of carbonyl (C=O) groups excluding carboxylic acids is 1. The average Bonchev–Trinajstić information content (AvgIpc) is 3.04. The Morgan fingerprint density at radius 2 is 2.00 bits per heavy atom. The van der Waals surface area contributed by atoms with Crippen molar-refractivity contribution in [2.45, 2.75) is 25.8 Å². The van der Waals surface area contributed by atoms with Crippen LogP contribution >= 0.6 is 0 Å². The van der Waals surface area contributed by atoms with Gasteiger partial charge in [0.25, 0.3) is 0 Å². The van der Waals surface area contributed by atoms with Crippen LogP contribution in [-0.2, 0) is 4.74 Å². The number of aromatic carboxylic acids is 1. The quantitative estimate of drug-likeness (QED) is 0.747. The van der Waals surface area contributed by atoms with E-state index in [0.29, 0.717) is 24.7 Å². The Morgan fingerprint density at radius 3 is 2.58 bits per heavy atom. The first-order valence-corrected chi connectivity index (χ1v) is 8.31. The zero-order chi connectivity index (χ0) is 18.7. The number of hydrogen-bond acceptors (Lipinski definition) is 8. The minimum absolute atomic E-state index is 0.0821. The molecule has 3 rings (SSSR count). The van der Waals surface area contributed by atoms with E-state index in [1.165, 1.54) is 12.4 Å². The van der Waals surface area contributed by atoms with E-state index in [2.05, 4.69) is 15.0 Å². The summed E-state index contributed by atoms with van der Waals surface area (Å²) in [5, 5.41) is 8.88. The molecule has 2 aromatic rings. The lowest BCUT2D eigenvalue weighted by Crippen LogP contribution is -2.35. The van der Waals surface area contributed by atoms with Crippen molar-refractivity contribution in [3.63, 3.8) is 0 Å². The Balaban J connectivity index is 1.65. The maximum atomic E-state index is 11.8. The van der Waals surface area contributed by atoms with Crippen molar-refractivity contribution in [2.24, 2.45) is 0 Å². The van der Waals surface area contributed by atoms with Crippen LogP contribution in [0.2, 0.25) is 0 Å². The molecule has 0 saturated carbocycles. The molecule has 10 heteroatoms. The Kier molecular flexibility index (Phi) is 5.01. The maximum Gasteiger partial charge on any atom is 0.360 e. The number of nitrogens with two attached hydrogens (primary N) is 1. The predicted octanol–water partition coefficient (Wildman–Crippen LogP) is 0.972. The minimum atomic E-state index is -1.10. The molecule has 0 radical (unpaired) electrons. The molecule has 1 saturated heterocycles. The second-order valence-corrected chi connectivity index (χ2v) is 5.89. The van der Waals surface area contributed by atoms with Gasteiger partial charge in [0.15, 0.2) is 11.4 Å². The highest BCUT2D eigenvalue weighted by molar-refractivity contribution is 5.92. The molecule has 2 aromatic heterocycles. The fraction of sp³-hybridized carbons (Fsp3) is 0.438. The number of nitrogen functional groups attached to an aromatic ring is 1. The molecule has 0 aromatic carbocycles. The van der Waals surface area contributed by atoms with Crippen molar-refractivity contribution in [1.29, 1.82) is 0 Å². The van der Waals surface area contributed by atoms with Gasteiger partial charge in [0.1, 0.15) is 11.6 Å². The summed E-state index contributed by atoms with van der Waals surface area (Å²) in [5.74, 6) is -0.669. The Bertz CT molecular complexity index is 796. The van der Waals surface area contributed by atoms with Gasteiger partial charge in [-0.1, -0.05) is 0 Å². The SMILES string of the molecule is CCOC(=O)c1ncn(C2CCN(c3cnc(C(=O)O)cn3)CC2)c1N. The summed E-state index contributed by atoms with van der Waals surface area (Å²) < 4.78 is 6.76. The van der Waals surface area contributed by atoms with E-state index in [1.54, 1.807) is 13.3 Å². The van der Waals surface area contributed by atoms with Crippen molar-refractivity contribution in [1.82, 2.24) is 19.5 Å². The number of imidazole rings is 1.